The molecule has 0 aromatic rings. The van der Waals surface area contributed by atoms with Crippen molar-refractivity contribution in [3.05, 3.63) is 11.0 Å². The van der Waals surface area contributed by atoms with Crippen LogP contribution in [0.2, 0.25) is 0 Å². The molecule has 0 spiro atoms. The summed E-state index contributed by atoms with van der Waals surface area (Å²) in [5, 5.41) is 0. The Hall–Kier alpha value is 0.01000. The maximum atomic E-state index is 5.14. The summed E-state index contributed by atoms with van der Waals surface area (Å²) in [6.07, 6.45) is 1.68. The van der Waals surface area contributed by atoms with E-state index in [1.165, 1.54) is 0 Å². The largest absolute Gasteiger partial charge is 0.346 e. The minimum Gasteiger partial charge on any atom is -0.346 e. The highest BCUT2D eigenvalue weighted by Crippen LogP contribution is 2.16. The van der Waals surface area contributed by atoms with Gasteiger partial charge in [-0.1, -0.05) is 19.9 Å². The van der Waals surface area contributed by atoms with E-state index in [9.17, 15) is 0 Å². The fraction of sp³-hybridized carbons (Fsp3) is 0.750. The first kappa shape index (κ1) is 11.0. The van der Waals surface area contributed by atoms with Crippen LogP contribution in [0.1, 0.15) is 20.8 Å². The molecule has 0 atom stereocenters. The molecule has 1 aliphatic rings. The molecule has 2 nitrogen and oxygen atoms in total. The van der Waals surface area contributed by atoms with Crippen molar-refractivity contribution < 1.29 is 9.47 Å². The van der Waals surface area contributed by atoms with Gasteiger partial charge in [0.25, 0.3) is 0 Å². The number of rotatable bonds is 1. The second-order valence-corrected chi connectivity index (χ2v) is 2.30. The molecule has 0 aromatic carbocycles. The number of allylic oxidation sites excluding steroid dienone is 1. The molecule has 1 saturated heterocycles. The van der Waals surface area contributed by atoms with E-state index in [0.717, 1.165) is 4.91 Å². The van der Waals surface area contributed by atoms with Crippen molar-refractivity contribution in [3.8, 4) is 0 Å². The van der Waals surface area contributed by atoms with Gasteiger partial charge in [0.1, 0.15) is 0 Å². The molecule has 0 saturated carbocycles. The van der Waals surface area contributed by atoms with Crippen LogP contribution in [0.4, 0.5) is 0 Å². The lowest BCUT2D eigenvalue weighted by molar-refractivity contribution is -0.00448. The Morgan fingerprint density at radius 1 is 1.36 bits per heavy atom. The lowest BCUT2D eigenvalue weighted by atomic mass is 10.5. The van der Waals surface area contributed by atoms with Gasteiger partial charge in [-0.15, -0.1) is 12.6 Å². The van der Waals surface area contributed by atoms with Gasteiger partial charge in [-0.3, -0.25) is 0 Å². The molecule has 0 amide bonds. The Kier molecular flexibility index (Phi) is 6.71. The Balaban J connectivity index is 0.000000461. The standard InChI is InChI=1S/C6H10O2S.C2H6/c1-2-5(9)6-7-3-4-8-6;1-2/h2,6,9H,3-4H2,1H3;1-2H3/b5-2-;. The second kappa shape index (κ2) is 6.70. The third-order valence-corrected chi connectivity index (χ3v) is 1.63. The summed E-state index contributed by atoms with van der Waals surface area (Å²) in [5.74, 6) is 0. The fourth-order valence-electron chi connectivity index (χ4n) is 0.665. The average molecular weight is 176 g/mol. The third kappa shape index (κ3) is 3.79. The van der Waals surface area contributed by atoms with Crippen LogP contribution in [0.15, 0.2) is 11.0 Å². The van der Waals surface area contributed by atoms with E-state index in [1.807, 2.05) is 26.8 Å². The van der Waals surface area contributed by atoms with Crippen LogP contribution >= 0.6 is 12.6 Å². The predicted molar refractivity (Wildman–Crippen MR) is 49.8 cm³/mol. The number of hydrogen-bond acceptors (Lipinski definition) is 3. The van der Waals surface area contributed by atoms with E-state index in [1.54, 1.807) is 0 Å². The van der Waals surface area contributed by atoms with Gasteiger partial charge < -0.3 is 9.47 Å². The van der Waals surface area contributed by atoms with E-state index in [2.05, 4.69) is 12.6 Å². The SMILES string of the molecule is C/C=C(\S)C1OCCO1.CC. The Morgan fingerprint density at radius 2 is 1.82 bits per heavy atom. The van der Waals surface area contributed by atoms with Gasteiger partial charge in [-0.25, -0.2) is 0 Å². The Morgan fingerprint density at radius 3 is 2.18 bits per heavy atom. The molecule has 0 N–H and O–H groups in total. The lowest BCUT2D eigenvalue weighted by Crippen LogP contribution is -2.06. The number of hydrogen-bond donors (Lipinski definition) is 1. The summed E-state index contributed by atoms with van der Waals surface area (Å²) < 4.78 is 10.3. The zero-order valence-electron chi connectivity index (χ0n) is 7.33. The van der Waals surface area contributed by atoms with Crippen molar-refractivity contribution in [2.75, 3.05) is 13.2 Å². The van der Waals surface area contributed by atoms with Gasteiger partial charge in [0.2, 0.25) is 0 Å². The molecule has 1 fully saturated rings. The molecular weight excluding hydrogens is 160 g/mol. The highest BCUT2D eigenvalue weighted by Gasteiger charge is 2.16. The lowest BCUT2D eigenvalue weighted by Gasteiger charge is -2.06. The van der Waals surface area contributed by atoms with Crippen molar-refractivity contribution in [2.45, 2.75) is 27.1 Å². The molecule has 0 aromatic heterocycles. The third-order valence-electron chi connectivity index (χ3n) is 1.16. The minimum atomic E-state index is -0.196. The van der Waals surface area contributed by atoms with Crippen LogP contribution in [-0.4, -0.2) is 19.5 Å². The van der Waals surface area contributed by atoms with Gasteiger partial charge in [0, 0.05) is 4.91 Å². The first-order valence-electron chi connectivity index (χ1n) is 3.93. The Labute approximate surface area is 74.0 Å². The van der Waals surface area contributed by atoms with Crippen LogP contribution < -0.4 is 0 Å². The molecule has 3 heteroatoms. The summed E-state index contributed by atoms with van der Waals surface area (Å²) >= 11 is 4.14. The minimum absolute atomic E-state index is 0.196. The van der Waals surface area contributed by atoms with E-state index in [-0.39, 0.29) is 6.29 Å². The fourth-order valence-corrected chi connectivity index (χ4v) is 0.814. The van der Waals surface area contributed by atoms with E-state index >= 15 is 0 Å². The van der Waals surface area contributed by atoms with Crippen molar-refractivity contribution in [1.29, 1.82) is 0 Å². The molecule has 0 radical (unpaired) electrons. The predicted octanol–water partition coefficient (Wildman–Crippen LogP) is 2.22. The number of thiol groups is 1. The average Bonchev–Trinajstić information content (AvgIpc) is 2.59. The Bertz CT molecular complexity index is 117. The molecule has 0 bridgehead atoms. The zero-order valence-corrected chi connectivity index (χ0v) is 8.23. The smallest absolute Gasteiger partial charge is 0.189 e. The summed E-state index contributed by atoms with van der Waals surface area (Å²) in [7, 11) is 0. The van der Waals surface area contributed by atoms with Crippen molar-refractivity contribution >= 4 is 12.6 Å². The van der Waals surface area contributed by atoms with Gasteiger partial charge in [0.15, 0.2) is 6.29 Å². The monoisotopic (exact) mass is 176 g/mol. The number of ether oxygens (including phenoxy) is 2. The van der Waals surface area contributed by atoms with E-state index in [0.29, 0.717) is 13.2 Å². The molecule has 0 unspecified atom stereocenters. The second-order valence-electron chi connectivity index (χ2n) is 1.79. The summed E-state index contributed by atoms with van der Waals surface area (Å²) in [6.45, 7) is 7.28. The molecule has 1 rings (SSSR count). The van der Waals surface area contributed by atoms with E-state index < -0.39 is 0 Å². The first-order valence-corrected chi connectivity index (χ1v) is 4.37. The van der Waals surface area contributed by atoms with Crippen LogP contribution in [0.5, 0.6) is 0 Å². The highest BCUT2D eigenvalue weighted by atomic mass is 32.1. The maximum Gasteiger partial charge on any atom is 0.189 e. The van der Waals surface area contributed by atoms with Crippen LogP contribution in [0, 0.1) is 0 Å². The van der Waals surface area contributed by atoms with Crippen LogP contribution in [0.3, 0.4) is 0 Å². The van der Waals surface area contributed by atoms with Crippen LogP contribution in [0.25, 0.3) is 0 Å². The van der Waals surface area contributed by atoms with Gasteiger partial charge >= 0.3 is 0 Å². The normalized spacial score (nSPS) is 19.5. The molecular formula is C8H16O2S. The quantitative estimate of drug-likeness (QED) is 0.617. The van der Waals surface area contributed by atoms with Gasteiger partial charge in [0.05, 0.1) is 13.2 Å². The van der Waals surface area contributed by atoms with Crippen LogP contribution in [-0.2, 0) is 9.47 Å². The molecule has 1 aliphatic heterocycles. The zero-order chi connectivity index (χ0) is 8.69. The highest BCUT2D eigenvalue weighted by molar-refractivity contribution is 7.84. The molecule has 66 valence electrons. The van der Waals surface area contributed by atoms with Crippen molar-refractivity contribution in [2.24, 2.45) is 0 Å². The first-order chi connectivity index (χ1) is 5.34. The van der Waals surface area contributed by atoms with Gasteiger partial charge in [-0.2, -0.15) is 0 Å². The topological polar surface area (TPSA) is 18.5 Å². The van der Waals surface area contributed by atoms with Crippen molar-refractivity contribution in [1.82, 2.24) is 0 Å². The summed E-state index contributed by atoms with van der Waals surface area (Å²) in [6, 6.07) is 0. The van der Waals surface area contributed by atoms with Gasteiger partial charge in [-0.05, 0) is 6.92 Å². The molecule has 0 aliphatic carbocycles. The van der Waals surface area contributed by atoms with E-state index in [4.69, 9.17) is 9.47 Å². The van der Waals surface area contributed by atoms with Crippen molar-refractivity contribution in [3.63, 3.8) is 0 Å². The molecule has 11 heavy (non-hydrogen) atoms. The molecule has 1 heterocycles. The summed E-state index contributed by atoms with van der Waals surface area (Å²) in [5.41, 5.74) is 0. The maximum absolute atomic E-state index is 5.14. The summed E-state index contributed by atoms with van der Waals surface area (Å²) in [4.78, 5) is 0.854.